The van der Waals surface area contributed by atoms with Crippen molar-refractivity contribution in [1.82, 2.24) is 14.8 Å². The molecule has 0 spiro atoms. The third kappa shape index (κ3) is 2.83. The van der Waals surface area contributed by atoms with Crippen LogP contribution in [0.4, 0.5) is 4.39 Å². The summed E-state index contributed by atoms with van der Waals surface area (Å²) >= 11 is 1.34. The molecular weight excluding hydrogens is 241 g/mol. The number of rotatable bonds is 4. The lowest BCUT2D eigenvalue weighted by molar-refractivity contribution is 0.199. The molecule has 2 rings (SSSR count). The molecule has 17 heavy (non-hydrogen) atoms. The van der Waals surface area contributed by atoms with Crippen molar-refractivity contribution >= 4 is 11.8 Å². The minimum absolute atomic E-state index is 0.308. The fourth-order valence-corrected chi connectivity index (χ4v) is 2.23. The van der Waals surface area contributed by atoms with E-state index in [-0.39, 0.29) is 0 Å². The summed E-state index contributed by atoms with van der Waals surface area (Å²) in [6.45, 7) is 0. The lowest BCUT2D eigenvalue weighted by Crippen LogP contribution is -2.04. The van der Waals surface area contributed by atoms with Crippen LogP contribution in [-0.4, -0.2) is 25.6 Å². The van der Waals surface area contributed by atoms with Gasteiger partial charge in [-0.3, -0.25) is 0 Å². The van der Waals surface area contributed by atoms with E-state index in [2.05, 4.69) is 10.2 Å². The molecule has 1 aromatic carbocycles. The van der Waals surface area contributed by atoms with Crippen LogP contribution in [0, 0.1) is 5.82 Å². The molecule has 0 saturated heterocycles. The summed E-state index contributed by atoms with van der Waals surface area (Å²) in [6, 6.07) is 6.22. The highest BCUT2D eigenvalue weighted by molar-refractivity contribution is 7.99. The van der Waals surface area contributed by atoms with E-state index in [0.717, 1.165) is 0 Å². The quantitative estimate of drug-likeness (QED) is 0.844. The number of halogens is 1. The molecule has 6 heteroatoms. The van der Waals surface area contributed by atoms with Crippen LogP contribution < -0.4 is 0 Å². The molecule has 0 saturated carbocycles. The standard InChI is InChI=1S/C11H12FN3OS/c1-15-7-13-14-11(15)17-6-10(16)8-4-2-3-5-9(8)12/h2-5,7,10,16H,6H2,1H3. The fourth-order valence-electron chi connectivity index (χ4n) is 1.39. The maximum absolute atomic E-state index is 13.4. The highest BCUT2D eigenvalue weighted by atomic mass is 32.2. The molecule has 0 bridgehead atoms. The summed E-state index contributed by atoms with van der Waals surface area (Å²) in [5.74, 6) is -0.0495. The zero-order chi connectivity index (χ0) is 12.3. The Labute approximate surface area is 102 Å². The Bertz CT molecular complexity index is 503. The average molecular weight is 253 g/mol. The Morgan fingerprint density at radius 2 is 2.24 bits per heavy atom. The Kier molecular flexibility index (Phi) is 3.75. The number of benzene rings is 1. The van der Waals surface area contributed by atoms with Crippen molar-refractivity contribution in [3.05, 3.63) is 42.0 Å². The number of aryl methyl sites for hydroxylation is 1. The van der Waals surface area contributed by atoms with Crippen LogP contribution in [0.15, 0.2) is 35.7 Å². The Hall–Kier alpha value is -1.40. The number of hydrogen-bond donors (Lipinski definition) is 1. The lowest BCUT2D eigenvalue weighted by Gasteiger charge is -2.10. The summed E-state index contributed by atoms with van der Waals surface area (Å²) in [7, 11) is 1.82. The van der Waals surface area contributed by atoms with Gasteiger partial charge < -0.3 is 9.67 Å². The van der Waals surface area contributed by atoms with Crippen LogP contribution in [0.2, 0.25) is 0 Å². The topological polar surface area (TPSA) is 50.9 Å². The molecule has 4 nitrogen and oxygen atoms in total. The number of thioether (sulfide) groups is 1. The molecule has 0 aliphatic rings. The van der Waals surface area contributed by atoms with Gasteiger partial charge in [0.2, 0.25) is 0 Å². The summed E-state index contributed by atoms with van der Waals surface area (Å²) in [4.78, 5) is 0. The van der Waals surface area contributed by atoms with Crippen molar-refractivity contribution in [2.24, 2.45) is 7.05 Å². The maximum atomic E-state index is 13.4. The second-order valence-electron chi connectivity index (χ2n) is 3.57. The Balaban J connectivity index is 2.01. The second kappa shape index (κ2) is 5.29. The van der Waals surface area contributed by atoms with Gasteiger partial charge in [-0.25, -0.2) is 4.39 Å². The number of aliphatic hydroxyl groups excluding tert-OH is 1. The predicted octanol–water partition coefficient (Wildman–Crippen LogP) is 1.78. The van der Waals surface area contributed by atoms with Gasteiger partial charge in [-0.05, 0) is 6.07 Å². The first-order valence-electron chi connectivity index (χ1n) is 5.08. The van der Waals surface area contributed by atoms with Crippen molar-refractivity contribution in [3.63, 3.8) is 0 Å². The van der Waals surface area contributed by atoms with E-state index < -0.39 is 11.9 Å². The maximum Gasteiger partial charge on any atom is 0.190 e. The van der Waals surface area contributed by atoms with E-state index in [1.807, 2.05) is 7.05 Å². The van der Waals surface area contributed by atoms with E-state index in [0.29, 0.717) is 16.5 Å². The zero-order valence-corrected chi connectivity index (χ0v) is 10.1. The number of hydrogen-bond acceptors (Lipinski definition) is 4. The van der Waals surface area contributed by atoms with Gasteiger partial charge >= 0.3 is 0 Å². The van der Waals surface area contributed by atoms with Crippen molar-refractivity contribution in [2.75, 3.05) is 5.75 Å². The van der Waals surface area contributed by atoms with Gasteiger partial charge in [-0.15, -0.1) is 10.2 Å². The molecule has 0 radical (unpaired) electrons. The molecule has 1 atom stereocenters. The van der Waals surface area contributed by atoms with Gasteiger partial charge in [-0.2, -0.15) is 0 Å². The number of nitrogens with zero attached hydrogens (tertiary/aromatic N) is 3. The molecule has 1 heterocycles. The predicted molar refractivity (Wildman–Crippen MR) is 63.1 cm³/mol. The van der Waals surface area contributed by atoms with Crippen LogP contribution >= 0.6 is 11.8 Å². The van der Waals surface area contributed by atoms with E-state index in [4.69, 9.17) is 0 Å². The zero-order valence-electron chi connectivity index (χ0n) is 9.25. The normalized spacial score (nSPS) is 12.6. The van der Waals surface area contributed by atoms with Crippen molar-refractivity contribution in [2.45, 2.75) is 11.3 Å². The average Bonchev–Trinajstić information content (AvgIpc) is 2.72. The summed E-state index contributed by atoms with van der Waals surface area (Å²) in [5.41, 5.74) is 0.308. The molecule has 0 amide bonds. The van der Waals surface area contributed by atoms with Gasteiger partial charge in [-0.1, -0.05) is 30.0 Å². The second-order valence-corrected chi connectivity index (χ2v) is 4.56. The number of aliphatic hydroxyl groups is 1. The first-order chi connectivity index (χ1) is 8.18. The smallest absolute Gasteiger partial charge is 0.190 e. The highest BCUT2D eigenvalue weighted by Crippen LogP contribution is 2.24. The van der Waals surface area contributed by atoms with E-state index >= 15 is 0 Å². The van der Waals surface area contributed by atoms with Crippen LogP contribution in [0.1, 0.15) is 11.7 Å². The summed E-state index contributed by atoms with van der Waals surface area (Å²) in [5, 5.41) is 18.2. The number of aromatic nitrogens is 3. The first kappa shape index (κ1) is 12.1. The summed E-state index contributed by atoms with van der Waals surface area (Å²) < 4.78 is 15.1. The monoisotopic (exact) mass is 253 g/mol. The molecular formula is C11H12FN3OS. The highest BCUT2D eigenvalue weighted by Gasteiger charge is 2.13. The molecule has 90 valence electrons. The molecule has 2 aromatic rings. The van der Waals surface area contributed by atoms with Crippen molar-refractivity contribution in [1.29, 1.82) is 0 Å². The molecule has 1 unspecified atom stereocenters. The van der Waals surface area contributed by atoms with E-state index in [1.165, 1.54) is 17.8 Å². The Morgan fingerprint density at radius 1 is 1.47 bits per heavy atom. The summed E-state index contributed by atoms with van der Waals surface area (Å²) in [6.07, 6.45) is 0.732. The van der Waals surface area contributed by atoms with Crippen LogP contribution in [-0.2, 0) is 7.05 Å². The third-order valence-corrected chi connectivity index (χ3v) is 3.41. The van der Waals surface area contributed by atoms with Crippen LogP contribution in [0.5, 0.6) is 0 Å². The Morgan fingerprint density at radius 3 is 2.88 bits per heavy atom. The van der Waals surface area contributed by atoms with E-state index in [9.17, 15) is 9.50 Å². The minimum atomic E-state index is -0.849. The van der Waals surface area contributed by atoms with Crippen molar-refractivity contribution < 1.29 is 9.50 Å². The molecule has 0 aliphatic carbocycles. The van der Waals surface area contributed by atoms with Crippen LogP contribution in [0.3, 0.4) is 0 Å². The molecule has 1 N–H and O–H groups in total. The fraction of sp³-hybridized carbons (Fsp3) is 0.273. The van der Waals surface area contributed by atoms with Crippen molar-refractivity contribution in [3.8, 4) is 0 Å². The van der Waals surface area contributed by atoms with Gasteiger partial charge in [0.05, 0.1) is 6.10 Å². The molecule has 1 aromatic heterocycles. The third-order valence-electron chi connectivity index (χ3n) is 2.30. The van der Waals surface area contributed by atoms with Crippen LogP contribution in [0.25, 0.3) is 0 Å². The van der Waals surface area contributed by atoms with Gasteiger partial charge in [0, 0.05) is 18.4 Å². The molecule has 0 aliphatic heterocycles. The first-order valence-corrected chi connectivity index (χ1v) is 6.06. The van der Waals surface area contributed by atoms with Gasteiger partial charge in [0.1, 0.15) is 12.1 Å². The largest absolute Gasteiger partial charge is 0.387 e. The lowest BCUT2D eigenvalue weighted by atomic mass is 10.1. The van der Waals surface area contributed by atoms with Gasteiger partial charge in [0.15, 0.2) is 5.16 Å². The minimum Gasteiger partial charge on any atom is -0.387 e. The van der Waals surface area contributed by atoms with Gasteiger partial charge in [0.25, 0.3) is 0 Å². The molecule has 0 fully saturated rings. The van der Waals surface area contributed by atoms with E-state index in [1.54, 1.807) is 29.1 Å². The SMILES string of the molecule is Cn1cnnc1SCC(O)c1ccccc1F.